The van der Waals surface area contributed by atoms with Crippen LogP contribution in [0.15, 0.2) is 58.5 Å². The SMILES string of the molecule is CC(=O)[O-].CC(=O)[O-].Cc1cc(C(C)C)cc(C=Nc2ccccc2N=Cc2cc(C(C)C)cc(C)c2O)c1O.[Co+2]. The summed E-state index contributed by atoms with van der Waals surface area (Å²) in [6.45, 7) is 14.3. The number of aromatic hydroxyl groups is 2. The zero-order chi connectivity index (χ0) is 30.6. The van der Waals surface area contributed by atoms with E-state index in [4.69, 9.17) is 19.8 Å². The molecule has 0 aromatic heterocycles. The first kappa shape index (κ1) is 37.0. The van der Waals surface area contributed by atoms with Crippen LogP contribution in [0.5, 0.6) is 11.5 Å². The van der Waals surface area contributed by atoms with Gasteiger partial charge in [0, 0.05) is 35.5 Å². The number of rotatable bonds is 6. The standard InChI is InChI=1S/C28H32N2O2.2C2H4O2.Co/c1-17(2)21-11-19(5)27(31)23(13-21)15-29-25-9-7-8-10-26(25)30-16-24-14-22(18(3)4)12-20(6)28(24)32;2*1-2(3)4;/h7-18,31-32H,1-6H3;2*1H3,(H,3,4);/q;;;+2/p-2. The summed E-state index contributed by atoms with van der Waals surface area (Å²) in [5.41, 5.74) is 6.72. The molecule has 0 saturated heterocycles. The molecule has 0 aliphatic heterocycles. The van der Waals surface area contributed by atoms with Crippen molar-refractivity contribution in [2.75, 3.05) is 0 Å². The minimum Gasteiger partial charge on any atom is -0.550 e. The Labute approximate surface area is 252 Å². The Kier molecular flexibility index (Phi) is 16.0. The number of aliphatic carboxylic acids is 2. The number of nitrogens with zero attached hydrogens (tertiary/aromatic N) is 2. The van der Waals surface area contributed by atoms with Gasteiger partial charge in [0.15, 0.2) is 0 Å². The third-order valence-corrected chi connectivity index (χ3v) is 5.61. The van der Waals surface area contributed by atoms with Crippen LogP contribution in [0.2, 0.25) is 0 Å². The summed E-state index contributed by atoms with van der Waals surface area (Å²) in [5.74, 6) is -0.970. The largest absolute Gasteiger partial charge is 2.00 e. The van der Waals surface area contributed by atoms with Crippen LogP contribution in [-0.4, -0.2) is 34.6 Å². The van der Waals surface area contributed by atoms with Crippen LogP contribution < -0.4 is 10.2 Å². The normalized spacial score (nSPS) is 10.6. The molecule has 3 rings (SSSR count). The van der Waals surface area contributed by atoms with E-state index in [-0.39, 0.29) is 28.3 Å². The maximum absolute atomic E-state index is 10.5. The van der Waals surface area contributed by atoms with E-state index in [0.29, 0.717) is 34.3 Å². The zero-order valence-corrected chi connectivity index (χ0v) is 25.7. The molecule has 3 aromatic rings. The maximum atomic E-state index is 10.5. The molecule has 0 aliphatic carbocycles. The third-order valence-electron chi connectivity index (χ3n) is 5.61. The van der Waals surface area contributed by atoms with E-state index in [1.807, 2.05) is 62.4 Å². The van der Waals surface area contributed by atoms with E-state index in [9.17, 15) is 10.2 Å². The van der Waals surface area contributed by atoms with Gasteiger partial charge in [0.25, 0.3) is 0 Å². The van der Waals surface area contributed by atoms with Crippen molar-refractivity contribution in [3.05, 3.63) is 81.9 Å². The number of hydrogen-bond acceptors (Lipinski definition) is 8. The quantitative estimate of drug-likeness (QED) is 0.380. The number of hydrogen-bond donors (Lipinski definition) is 2. The first-order valence-corrected chi connectivity index (χ1v) is 12.8. The van der Waals surface area contributed by atoms with Crippen molar-refractivity contribution in [1.82, 2.24) is 0 Å². The smallest absolute Gasteiger partial charge is 0.550 e. The number of carboxylic acid groups (broad SMARTS) is 2. The molecule has 0 spiro atoms. The number of phenols is 2. The van der Waals surface area contributed by atoms with Crippen LogP contribution in [0.25, 0.3) is 0 Å². The number of aliphatic imine (C=N–C) groups is 2. The Hall–Kier alpha value is -3.95. The fourth-order valence-electron chi connectivity index (χ4n) is 3.50. The molecule has 0 fully saturated rings. The van der Waals surface area contributed by atoms with E-state index >= 15 is 0 Å². The minimum absolute atomic E-state index is 0. The number of phenolic OH excluding ortho intramolecular Hbond substituents is 2. The van der Waals surface area contributed by atoms with Crippen molar-refractivity contribution in [3.8, 4) is 11.5 Å². The number of benzene rings is 3. The Morgan fingerprint density at radius 1 is 0.707 bits per heavy atom. The van der Waals surface area contributed by atoms with Gasteiger partial charge in [0.2, 0.25) is 0 Å². The molecule has 0 saturated carbocycles. The second kappa shape index (κ2) is 17.7. The second-order valence-electron chi connectivity index (χ2n) is 9.85. The minimum atomic E-state index is -1.08. The van der Waals surface area contributed by atoms with Crippen molar-refractivity contribution in [1.29, 1.82) is 0 Å². The summed E-state index contributed by atoms with van der Waals surface area (Å²) in [6, 6.07) is 15.5. The van der Waals surface area contributed by atoms with Gasteiger partial charge in [-0.05, 0) is 86.1 Å². The Morgan fingerprint density at radius 3 is 1.27 bits per heavy atom. The number of para-hydroxylation sites is 2. The molecule has 0 aliphatic rings. The van der Waals surface area contributed by atoms with Crippen LogP contribution in [0.1, 0.15) is 86.8 Å². The topological polar surface area (TPSA) is 145 Å². The van der Waals surface area contributed by atoms with Crippen LogP contribution in [-0.2, 0) is 26.4 Å². The van der Waals surface area contributed by atoms with Gasteiger partial charge >= 0.3 is 16.8 Å². The predicted molar refractivity (Wildman–Crippen MR) is 156 cm³/mol. The van der Waals surface area contributed by atoms with Crippen molar-refractivity contribution in [3.63, 3.8) is 0 Å². The van der Waals surface area contributed by atoms with Crippen LogP contribution >= 0.6 is 0 Å². The molecule has 0 unspecified atom stereocenters. The molecule has 0 amide bonds. The van der Waals surface area contributed by atoms with Crippen molar-refractivity contribution >= 4 is 35.7 Å². The summed E-state index contributed by atoms with van der Waals surface area (Å²) >= 11 is 0. The van der Waals surface area contributed by atoms with Crippen LogP contribution in [0.3, 0.4) is 0 Å². The van der Waals surface area contributed by atoms with Gasteiger partial charge in [0.05, 0.1) is 11.4 Å². The Bertz CT molecular complexity index is 1270. The number of carboxylic acids is 2. The molecule has 0 bridgehead atoms. The second-order valence-corrected chi connectivity index (χ2v) is 9.85. The third kappa shape index (κ3) is 12.8. The summed E-state index contributed by atoms with van der Waals surface area (Å²) in [5, 5.41) is 38.7. The number of carbonyl (C=O) groups is 2. The van der Waals surface area contributed by atoms with E-state index in [1.165, 1.54) is 0 Å². The fourth-order valence-corrected chi connectivity index (χ4v) is 3.50. The summed E-state index contributed by atoms with van der Waals surface area (Å²) < 4.78 is 0. The first-order chi connectivity index (χ1) is 18.6. The molecular formula is C32H38CoN2O6. The van der Waals surface area contributed by atoms with Crippen molar-refractivity contribution < 1.29 is 46.8 Å². The molecule has 9 heteroatoms. The fraction of sp³-hybridized carbons (Fsp3) is 0.312. The van der Waals surface area contributed by atoms with Gasteiger partial charge in [0.1, 0.15) is 11.5 Å². The maximum Gasteiger partial charge on any atom is 2.00 e. The van der Waals surface area contributed by atoms with E-state index < -0.39 is 11.9 Å². The average Bonchev–Trinajstić information content (AvgIpc) is 2.85. The zero-order valence-electron chi connectivity index (χ0n) is 24.7. The predicted octanol–water partition coefficient (Wildman–Crippen LogP) is 4.97. The molecule has 1 radical (unpaired) electrons. The molecule has 221 valence electrons. The molecular weight excluding hydrogens is 567 g/mol. The van der Waals surface area contributed by atoms with Gasteiger partial charge in [-0.1, -0.05) is 52.0 Å². The molecule has 8 nitrogen and oxygen atoms in total. The summed E-state index contributed by atoms with van der Waals surface area (Å²) in [4.78, 5) is 27.0. The van der Waals surface area contributed by atoms with Gasteiger partial charge in [-0.15, -0.1) is 0 Å². The van der Waals surface area contributed by atoms with E-state index in [0.717, 1.165) is 36.1 Å². The number of aryl methyl sites for hydroxylation is 2. The molecule has 2 N–H and O–H groups in total. The van der Waals surface area contributed by atoms with Gasteiger partial charge in [-0.2, -0.15) is 0 Å². The monoisotopic (exact) mass is 605 g/mol. The molecule has 0 atom stereocenters. The molecule has 41 heavy (non-hydrogen) atoms. The Morgan fingerprint density at radius 2 is 1.00 bits per heavy atom. The average molecular weight is 606 g/mol. The molecule has 3 aromatic carbocycles. The van der Waals surface area contributed by atoms with Crippen LogP contribution in [0.4, 0.5) is 11.4 Å². The molecule has 0 heterocycles. The van der Waals surface area contributed by atoms with Crippen molar-refractivity contribution in [2.45, 2.75) is 67.2 Å². The van der Waals surface area contributed by atoms with Gasteiger partial charge < -0.3 is 30.0 Å². The first-order valence-electron chi connectivity index (χ1n) is 12.8. The van der Waals surface area contributed by atoms with Gasteiger partial charge in [-0.25, -0.2) is 0 Å². The van der Waals surface area contributed by atoms with Crippen LogP contribution in [0, 0.1) is 13.8 Å². The summed E-state index contributed by atoms with van der Waals surface area (Å²) in [7, 11) is 0. The Balaban J connectivity index is 0.00000158. The van der Waals surface area contributed by atoms with E-state index in [1.54, 1.807) is 12.4 Å². The van der Waals surface area contributed by atoms with E-state index in [2.05, 4.69) is 37.7 Å². The summed E-state index contributed by atoms with van der Waals surface area (Å²) in [6.07, 6.45) is 3.37. The number of carbonyl (C=O) groups excluding carboxylic acids is 2. The van der Waals surface area contributed by atoms with Gasteiger partial charge in [-0.3, -0.25) is 9.98 Å². The van der Waals surface area contributed by atoms with Crippen molar-refractivity contribution in [2.24, 2.45) is 9.98 Å².